The summed E-state index contributed by atoms with van der Waals surface area (Å²) >= 11 is 0. The fraction of sp³-hybridized carbons (Fsp3) is 0.909. The summed E-state index contributed by atoms with van der Waals surface area (Å²) in [5.41, 5.74) is 5.68. The van der Waals surface area contributed by atoms with Gasteiger partial charge in [0.05, 0.1) is 12.1 Å². The average molecular weight is 341 g/mol. The van der Waals surface area contributed by atoms with E-state index in [4.69, 9.17) is 10.5 Å². The second kappa shape index (κ2) is 7.32. The summed E-state index contributed by atoms with van der Waals surface area (Å²) < 4.78 is 5.63. The summed E-state index contributed by atoms with van der Waals surface area (Å²) in [6.07, 6.45) is 3.25. The minimum absolute atomic E-state index is 0. The number of halogens is 1. The molecule has 1 fully saturated rings. The SMILES string of the molecule is CCC(C)NC(N)=NCC1(C)CCCO1.I. The van der Waals surface area contributed by atoms with Crippen LogP contribution >= 0.6 is 24.0 Å². The van der Waals surface area contributed by atoms with E-state index in [1.165, 1.54) is 0 Å². The van der Waals surface area contributed by atoms with Crippen LogP contribution in [0, 0.1) is 0 Å². The van der Waals surface area contributed by atoms with E-state index in [9.17, 15) is 0 Å². The van der Waals surface area contributed by atoms with Crippen LogP contribution in [0.4, 0.5) is 0 Å². The van der Waals surface area contributed by atoms with Crippen LogP contribution in [0.25, 0.3) is 0 Å². The highest BCUT2D eigenvalue weighted by Crippen LogP contribution is 2.24. The maximum absolute atomic E-state index is 5.77. The van der Waals surface area contributed by atoms with Crippen molar-refractivity contribution >= 4 is 29.9 Å². The number of nitrogens with two attached hydrogens (primary N) is 1. The van der Waals surface area contributed by atoms with Crippen molar-refractivity contribution in [1.82, 2.24) is 5.32 Å². The molecule has 1 rings (SSSR count). The highest BCUT2D eigenvalue weighted by molar-refractivity contribution is 14.0. The Morgan fingerprint density at radius 3 is 2.81 bits per heavy atom. The lowest BCUT2D eigenvalue weighted by atomic mass is 10.0. The maximum Gasteiger partial charge on any atom is 0.188 e. The van der Waals surface area contributed by atoms with Crippen molar-refractivity contribution in [2.24, 2.45) is 10.7 Å². The zero-order chi connectivity index (χ0) is 11.3. The van der Waals surface area contributed by atoms with Crippen molar-refractivity contribution in [2.45, 2.75) is 51.7 Å². The molecule has 0 bridgehead atoms. The molecular weight excluding hydrogens is 317 g/mol. The van der Waals surface area contributed by atoms with E-state index in [-0.39, 0.29) is 29.6 Å². The lowest BCUT2D eigenvalue weighted by Gasteiger charge is -2.21. The van der Waals surface area contributed by atoms with Crippen molar-refractivity contribution in [3.8, 4) is 0 Å². The molecule has 16 heavy (non-hydrogen) atoms. The Bertz CT molecular complexity index is 227. The molecule has 0 aromatic heterocycles. The van der Waals surface area contributed by atoms with Crippen LogP contribution in [0.15, 0.2) is 4.99 Å². The van der Waals surface area contributed by atoms with E-state index in [0.29, 0.717) is 18.5 Å². The Hall–Kier alpha value is -0.0400. The van der Waals surface area contributed by atoms with Crippen LogP contribution in [-0.4, -0.2) is 30.8 Å². The van der Waals surface area contributed by atoms with Gasteiger partial charge in [0.15, 0.2) is 5.96 Å². The second-order valence-corrected chi connectivity index (χ2v) is 4.56. The van der Waals surface area contributed by atoms with Gasteiger partial charge in [-0.3, -0.25) is 4.99 Å². The van der Waals surface area contributed by atoms with Crippen molar-refractivity contribution < 1.29 is 4.74 Å². The minimum atomic E-state index is -0.0955. The molecule has 96 valence electrons. The third-order valence-electron chi connectivity index (χ3n) is 2.89. The molecule has 1 aliphatic rings. The smallest absolute Gasteiger partial charge is 0.188 e. The fourth-order valence-corrected chi connectivity index (χ4v) is 1.61. The van der Waals surface area contributed by atoms with Crippen LogP contribution in [-0.2, 0) is 4.74 Å². The standard InChI is InChI=1S/C11H23N3O.HI/c1-4-9(2)14-10(12)13-8-11(3)6-5-7-15-11;/h9H,4-8H2,1-3H3,(H3,12,13,14);1H. The maximum atomic E-state index is 5.77. The normalized spacial score (nSPS) is 27.3. The Morgan fingerprint density at radius 1 is 1.62 bits per heavy atom. The number of hydrogen-bond acceptors (Lipinski definition) is 2. The van der Waals surface area contributed by atoms with Gasteiger partial charge in [-0.25, -0.2) is 0 Å². The van der Waals surface area contributed by atoms with Gasteiger partial charge in [0.1, 0.15) is 0 Å². The molecule has 1 heterocycles. The average Bonchev–Trinajstić information content (AvgIpc) is 2.63. The van der Waals surface area contributed by atoms with Crippen LogP contribution < -0.4 is 11.1 Å². The van der Waals surface area contributed by atoms with E-state index in [2.05, 4.69) is 31.1 Å². The van der Waals surface area contributed by atoms with Gasteiger partial charge in [-0.2, -0.15) is 0 Å². The van der Waals surface area contributed by atoms with Gasteiger partial charge < -0.3 is 15.8 Å². The lowest BCUT2D eigenvalue weighted by Crippen LogP contribution is -2.39. The third-order valence-corrected chi connectivity index (χ3v) is 2.89. The van der Waals surface area contributed by atoms with Crippen LogP contribution in [0.5, 0.6) is 0 Å². The predicted molar refractivity (Wildman–Crippen MR) is 78.4 cm³/mol. The van der Waals surface area contributed by atoms with E-state index in [1.54, 1.807) is 0 Å². The molecule has 5 heteroatoms. The van der Waals surface area contributed by atoms with Crippen LogP contribution in [0.3, 0.4) is 0 Å². The molecule has 1 saturated heterocycles. The van der Waals surface area contributed by atoms with Gasteiger partial charge in [0.25, 0.3) is 0 Å². The van der Waals surface area contributed by atoms with Gasteiger partial charge in [-0.15, -0.1) is 24.0 Å². The summed E-state index contributed by atoms with van der Waals surface area (Å²) in [4.78, 5) is 4.32. The molecule has 3 N–H and O–H groups in total. The van der Waals surface area contributed by atoms with E-state index in [1.807, 2.05) is 0 Å². The molecule has 1 aliphatic heterocycles. The molecule has 2 unspecified atom stereocenters. The molecule has 0 radical (unpaired) electrons. The zero-order valence-corrected chi connectivity index (χ0v) is 12.8. The zero-order valence-electron chi connectivity index (χ0n) is 10.5. The summed E-state index contributed by atoms with van der Waals surface area (Å²) in [5, 5.41) is 3.14. The fourth-order valence-electron chi connectivity index (χ4n) is 1.61. The molecule has 4 nitrogen and oxygen atoms in total. The Labute approximate surface area is 115 Å². The number of nitrogens with zero attached hydrogens (tertiary/aromatic N) is 1. The molecule has 0 amide bonds. The predicted octanol–water partition coefficient (Wildman–Crippen LogP) is 1.88. The molecule has 0 saturated carbocycles. The van der Waals surface area contributed by atoms with Gasteiger partial charge in [0.2, 0.25) is 0 Å². The topological polar surface area (TPSA) is 59.6 Å². The first-order chi connectivity index (χ1) is 7.06. The number of guanidine groups is 1. The van der Waals surface area contributed by atoms with Crippen LogP contribution in [0.2, 0.25) is 0 Å². The number of ether oxygens (including phenoxy) is 1. The first-order valence-corrected chi connectivity index (χ1v) is 5.76. The molecule has 2 atom stereocenters. The quantitative estimate of drug-likeness (QED) is 0.466. The molecule has 0 aliphatic carbocycles. The largest absolute Gasteiger partial charge is 0.373 e. The Morgan fingerprint density at radius 2 is 2.31 bits per heavy atom. The van der Waals surface area contributed by atoms with Crippen molar-refractivity contribution in [3.63, 3.8) is 0 Å². The van der Waals surface area contributed by atoms with Crippen LogP contribution in [0.1, 0.15) is 40.0 Å². The monoisotopic (exact) mass is 341 g/mol. The van der Waals surface area contributed by atoms with Gasteiger partial charge in [0, 0.05) is 12.6 Å². The Balaban J connectivity index is 0.00000225. The summed E-state index contributed by atoms with van der Waals surface area (Å²) in [6.45, 7) is 7.81. The van der Waals surface area contributed by atoms with Crippen molar-refractivity contribution in [2.75, 3.05) is 13.2 Å². The van der Waals surface area contributed by atoms with Gasteiger partial charge in [-0.1, -0.05) is 6.92 Å². The van der Waals surface area contributed by atoms with E-state index >= 15 is 0 Å². The second-order valence-electron chi connectivity index (χ2n) is 4.56. The Kier molecular flexibility index (Phi) is 7.30. The first kappa shape index (κ1) is 16.0. The third kappa shape index (κ3) is 5.34. The summed E-state index contributed by atoms with van der Waals surface area (Å²) in [7, 11) is 0. The highest BCUT2D eigenvalue weighted by Gasteiger charge is 2.29. The van der Waals surface area contributed by atoms with E-state index < -0.39 is 0 Å². The number of aliphatic imine (C=N–C) groups is 1. The summed E-state index contributed by atoms with van der Waals surface area (Å²) in [6, 6.07) is 0.381. The first-order valence-electron chi connectivity index (χ1n) is 5.76. The number of rotatable bonds is 4. The van der Waals surface area contributed by atoms with Gasteiger partial charge >= 0.3 is 0 Å². The van der Waals surface area contributed by atoms with Crippen molar-refractivity contribution in [1.29, 1.82) is 0 Å². The molecular formula is C11H24IN3O. The molecule has 0 aromatic rings. The minimum Gasteiger partial charge on any atom is -0.373 e. The lowest BCUT2D eigenvalue weighted by molar-refractivity contribution is 0.0284. The molecule has 0 spiro atoms. The summed E-state index contributed by atoms with van der Waals surface area (Å²) in [5.74, 6) is 0.529. The highest BCUT2D eigenvalue weighted by atomic mass is 127. The van der Waals surface area contributed by atoms with Gasteiger partial charge in [-0.05, 0) is 33.1 Å². The molecule has 0 aromatic carbocycles. The number of hydrogen-bond donors (Lipinski definition) is 2. The van der Waals surface area contributed by atoms with Crippen molar-refractivity contribution in [3.05, 3.63) is 0 Å². The number of nitrogens with one attached hydrogen (secondary N) is 1. The van der Waals surface area contributed by atoms with E-state index in [0.717, 1.165) is 25.9 Å².